The van der Waals surface area contributed by atoms with Gasteiger partial charge in [-0.1, -0.05) is 24.3 Å². The van der Waals surface area contributed by atoms with E-state index in [1.807, 2.05) is 0 Å². The fourth-order valence-electron chi connectivity index (χ4n) is 3.99. The number of hydrogen-bond acceptors (Lipinski definition) is 8. The molecule has 3 rings (SSSR count). The summed E-state index contributed by atoms with van der Waals surface area (Å²) in [4.78, 5) is 46.5. The molecule has 0 heterocycles. The molecule has 3 aromatic carbocycles. The van der Waals surface area contributed by atoms with Gasteiger partial charge in [0.2, 0.25) is 0 Å². The van der Waals surface area contributed by atoms with E-state index in [1.54, 1.807) is 36.4 Å². The van der Waals surface area contributed by atoms with Crippen molar-refractivity contribution in [3.8, 4) is 0 Å². The van der Waals surface area contributed by atoms with E-state index in [-0.39, 0.29) is 35.3 Å². The minimum Gasteiger partial charge on any atom is -0.478 e. The number of nitrogens with zero attached hydrogens (tertiary/aromatic N) is 2. The highest BCUT2D eigenvalue weighted by Crippen LogP contribution is 2.32. The quantitative estimate of drug-likeness (QED) is 0.0990. The average Bonchev–Trinajstić information content (AvgIpc) is 2.89. The highest BCUT2D eigenvalue weighted by molar-refractivity contribution is 7.99. The van der Waals surface area contributed by atoms with Crippen molar-refractivity contribution in [1.29, 1.82) is 0 Å². The molecule has 0 saturated heterocycles. The molecule has 2 N–H and O–H groups in total. The molecule has 198 valence electrons. The van der Waals surface area contributed by atoms with Gasteiger partial charge in [-0.2, -0.15) is 0 Å². The van der Waals surface area contributed by atoms with Crippen LogP contribution in [0.3, 0.4) is 0 Å². The zero-order chi connectivity index (χ0) is 27.7. The highest BCUT2D eigenvalue weighted by atomic mass is 32.2. The molecule has 0 aromatic heterocycles. The summed E-state index contributed by atoms with van der Waals surface area (Å²) in [6, 6.07) is 15.3. The first kappa shape index (κ1) is 28.7. The monoisotopic (exact) mass is 556 g/mol. The minimum atomic E-state index is -1.17. The van der Waals surface area contributed by atoms with Crippen LogP contribution in [-0.2, 0) is 12.8 Å². The van der Waals surface area contributed by atoms with E-state index in [1.165, 1.54) is 47.8 Å². The van der Waals surface area contributed by atoms with Crippen LogP contribution < -0.4 is 0 Å². The Morgan fingerprint density at radius 2 is 1.03 bits per heavy atom. The number of aromatic carboxylic acids is 2. The molecule has 0 aliphatic carbocycles. The molecule has 0 radical (unpaired) electrons. The number of nitro groups is 2. The zero-order valence-corrected chi connectivity index (χ0v) is 21.7. The van der Waals surface area contributed by atoms with Crippen LogP contribution in [0.2, 0.25) is 0 Å². The van der Waals surface area contributed by atoms with Crippen LogP contribution in [-0.4, -0.2) is 43.5 Å². The Labute approximate surface area is 226 Å². The van der Waals surface area contributed by atoms with Crippen molar-refractivity contribution in [2.24, 2.45) is 0 Å². The number of carbonyl (C=O) groups is 2. The van der Waals surface area contributed by atoms with Crippen molar-refractivity contribution in [3.63, 3.8) is 0 Å². The molecule has 0 aliphatic heterocycles. The lowest BCUT2D eigenvalue weighted by molar-refractivity contribution is -0.387. The number of benzene rings is 3. The standard InChI is InChI=1S/C26H24N2O8S2/c29-25(30)19-13-14-20(26(31)32)18(8-6-16-38-24-12-4-2-10-22(24)28(35)36)17(19)7-5-15-37-23-11-3-1-9-21(23)27(33)34/h1-4,9-14H,5-8,15-16H2,(H,29,30)(H,31,32). The molecule has 0 bridgehead atoms. The Balaban J connectivity index is 1.76. The predicted octanol–water partition coefficient (Wildman–Crippen LogP) is 6.35. The van der Waals surface area contributed by atoms with Crippen LogP contribution in [0.25, 0.3) is 0 Å². The summed E-state index contributed by atoms with van der Waals surface area (Å²) in [5, 5.41) is 42.0. The first-order valence-corrected chi connectivity index (χ1v) is 13.5. The van der Waals surface area contributed by atoms with E-state index in [9.17, 15) is 40.0 Å². The molecule has 0 amide bonds. The lowest BCUT2D eigenvalue weighted by Gasteiger charge is -2.16. The van der Waals surface area contributed by atoms with Crippen LogP contribution in [0.4, 0.5) is 11.4 Å². The number of para-hydroxylation sites is 2. The summed E-state index contributed by atoms with van der Waals surface area (Å²) in [5.74, 6) is -1.40. The lowest BCUT2D eigenvalue weighted by Crippen LogP contribution is -2.13. The number of carboxylic acids is 2. The summed E-state index contributed by atoms with van der Waals surface area (Å²) >= 11 is 2.57. The molecule has 0 aliphatic rings. The zero-order valence-electron chi connectivity index (χ0n) is 20.1. The number of hydrogen-bond donors (Lipinski definition) is 2. The van der Waals surface area contributed by atoms with Crippen molar-refractivity contribution in [3.05, 3.63) is 103 Å². The number of thioether (sulfide) groups is 2. The molecule has 0 atom stereocenters. The van der Waals surface area contributed by atoms with Crippen molar-refractivity contribution in [1.82, 2.24) is 0 Å². The first-order chi connectivity index (χ1) is 18.2. The van der Waals surface area contributed by atoms with E-state index in [0.29, 0.717) is 45.3 Å². The topological polar surface area (TPSA) is 161 Å². The Hall–Kier alpha value is -3.90. The second kappa shape index (κ2) is 13.6. The Bertz CT molecular complexity index is 1260. The second-order valence-corrected chi connectivity index (χ2v) is 10.4. The molecular formula is C26H24N2O8S2. The van der Waals surface area contributed by atoms with Crippen molar-refractivity contribution in [2.45, 2.75) is 35.5 Å². The van der Waals surface area contributed by atoms with Gasteiger partial charge in [0.25, 0.3) is 11.4 Å². The maximum atomic E-state index is 11.9. The van der Waals surface area contributed by atoms with Crippen molar-refractivity contribution >= 4 is 46.8 Å². The minimum absolute atomic E-state index is 0.00607. The Kier molecular flexibility index (Phi) is 10.3. The summed E-state index contributed by atoms with van der Waals surface area (Å²) in [6.07, 6.45) is 1.50. The van der Waals surface area contributed by atoms with Gasteiger partial charge in [-0.15, -0.1) is 23.5 Å². The van der Waals surface area contributed by atoms with Crippen molar-refractivity contribution in [2.75, 3.05) is 11.5 Å². The number of rotatable bonds is 14. The molecular weight excluding hydrogens is 532 g/mol. The molecule has 3 aromatic rings. The lowest BCUT2D eigenvalue weighted by atomic mass is 9.90. The SMILES string of the molecule is O=C(O)c1ccc(C(=O)O)c(CCCSc2ccccc2[N+](=O)[O-])c1CCCSc1ccccc1[N+](=O)[O-]. The Morgan fingerprint density at radius 1 is 0.658 bits per heavy atom. The third kappa shape index (κ3) is 7.33. The van der Waals surface area contributed by atoms with Gasteiger partial charge in [-0.25, -0.2) is 9.59 Å². The fourth-order valence-corrected chi connectivity index (χ4v) is 5.93. The van der Waals surface area contributed by atoms with Gasteiger partial charge in [0.1, 0.15) is 0 Å². The van der Waals surface area contributed by atoms with E-state index in [2.05, 4.69) is 0 Å². The molecule has 0 saturated carbocycles. The van der Waals surface area contributed by atoms with E-state index < -0.39 is 21.8 Å². The molecule has 10 nitrogen and oxygen atoms in total. The van der Waals surface area contributed by atoms with Gasteiger partial charge in [-0.3, -0.25) is 20.2 Å². The van der Waals surface area contributed by atoms with E-state index >= 15 is 0 Å². The van der Waals surface area contributed by atoms with Crippen molar-refractivity contribution < 1.29 is 29.6 Å². The number of carboxylic acid groups (broad SMARTS) is 2. The van der Waals surface area contributed by atoms with Crippen LogP contribution in [0.1, 0.15) is 44.7 Å². The smallest absolute Gasteiger partial charge is 0.335 e. The molecule has 0 unspecified atom stereocenters. The van der Waals surface area contributed by atoms with Crippen LogP contribution in [0.15, 0.2) is 70.5 Å². The third-order valence-corrected chi connectivity index (χ3v) is 7.97. The highest BCUT2D eigenvalue weighted by Gasteiger charge is 2.21. The van der Waals surface area contributed by atoms with Gasteiger partial charge in [-0.05, 0) is 72.6 Å². The third-order valence-electron chi connectivity index (χ3n) is 5.67. The van der Waals surface area contributed by atoms with Crippen LogP contribution >= 0.6 is 23.5 Å². The maximum absolute atomic E-state index is 11.9. The van der Waals surface area contributed by atoms with Gasteiger partial charge in [0.05, 0.1) is 30.8 Å². The largest absolute Gasteiger partial charge is 0.478 e. The first-order valence-electron chi connectivity index (χ1n) is 11.5. The summed E-state index contributed by atoms with van der Waals surface area (Å²) in [6.45, 7) is 0. The Morgan fingerprint density at radius 3 is 1.37 bits per heavy atom. The van der Waals surface area contributed by atoms with Gasteiger partial charge < -0.3 is 10.2 Å². The molecule has 12 heteroatoms. The predicted molar refractivity (Wildman–Crippen MR) is 145 cm³/mol. The summed E-state index contributed by atoms with van der Waals surface area (Å²) in [5.41, 5.74) is 0.883. The van der Waals surface area contributed by atoms with Gasteiger partial charge in [0, 0.05) is 12.1 Å². The normalized spacial score (nSPS) is 10.7. The maximum Gasteiger partial charge on any atom is 0.335 e. The van der Waals surface area contributed by atoms with E-state index in [0.717, 1.165) is 0 Å². The van der Waals surface area contributed by atoms with Gasteiger partial charge in [0.15, 0.2) is 0 Å². The molecule has 0 spiro atoms. The van der Waals surface area contributed by atoms with Crippen LogP contribution in [0, 0.1) is 20.2 Å². The summed E-state index contributed by atoms with van der Waals surface area (Å²) < 4.78 is 0. The summed E-state index contributed by atoms with van der Waals surface area (Å²) in [7, 11) is 0. The van der Waals surface area contributed by atoms with E-state index in [4.69, 9.17) is 0 Å². The van der Waals surface area contributed by atoms with Gasteiger partial charge >= 0.3 is 11.9 Å². The van der Waals surface area contributed by atoms with Crippen LogP contribution in [0.5, 0.6) is 0 Å². The number of nitro benzene ring substituents is 2. The molecule has 38 heavy (non-hydrogen) atoms. The fraction of sp³-hybridized carbons (Fsp3) is 0.231. The average molecular weight is 557 g/mol. The molecule has 0 fully saturated rings. The second-order valence-electron chi connectivity index (χ2n) is 8.08.